The van der Waals surface area contributed by atoms with Crippen molar-refractivity contribution in [3.8, 4) is 0 Å². The smallest absolute Gasteiger partial charge is 0.391 e. The Balaban J connectivity index is 3.99. The van der Waals surface area contributed by atoms with E-state index in [1.54, 1.807) is 0 Å². The molecule has 0 spiro atoms. The number of hydrogen-bond donors (Lipinski definition) is 3. The van der Waals surface area contributed by atoms with Gasteiger partial charge < -0.3 is 19.8 Å². The minimum Gasteiger partial charge on any atom is -0.391 e. The summed E-state index contributed by atoms with van der Waals surface area (Å²) in [6, 6.07) is -0.762. The fourth-order valence-electron chi connectivity index (χ4n) is 8.93. The molecule has 0 aliphatic heterocycles. The molecule has 0 radical (unpaired) electrons. The zero-order valence-electron chi connectivity index (χ0n) is 45.0. The van der Waals surface area contributed by atoms with Gasteiger partial charge in [0.25, 0.3) is 0 Å². The van der Waals surface area contributed by atoms with Crippen LogP contribution in [0, 0.1) is 0 Å². The number of likely N-dealkylation sites (N-methyl/N-ethyl adjacent to an activating group) is 1. The maximum absolute atomic E-state index is 12.9. The molecule has 3 unspecified atom stereocenters. The van der Waals surface area contributed by atoms with Gasteiger partial charge >= 0.3 is 7.82 Å². The lowest BCUT2D eigenvalue weighted by atomic mass is 10.0. The van der Waals surface area contributed by atoms with Crippen LogP contribution in [-0.2, 0) is 18.4 Å². The molecule has 394 valence electrons. The Morgan fingerprint density at radius 1 is 0.500 bits per heavy atom. The lowest BCUT2D eigenvalue weighted by Gasteiger charge is -2.26. The summed E-state index contributed by atoms with van der Waals surface area (Å²) < 4.78 is 23.7. The highest BCUT2D eigenvalue weighted by atomic mass is 31.2. The molecule has 3 N–H and O–H groups in total. The highest BCUT2D eigenvalue weighted by Crippen LogP contribution is 2.43. The largest absolute Gasteiger partial charge is 0.472 e. The van der Waals surface area contributed by atoms with Crippen LogP contribution in [-0.4, -0.2) is 73.4 Å². The molecule has 0 heterocycles. The molecular formula is C57H116N2O6P+. The van der Waals surface area contributed by atoms with Crippen molar-refractivity contribution in [1.82, 2.24) is 5.32 Å². The number of carbonyl (C=O) groups excluding carboxylic acids is 1. The third-order valence-electron chi connectivity index (χ3n) is 13.5. The van der Waals surface area contributed by atoms with Crippen LogP contribution in [0.3, 0.4) is 0 Å². The maximum atomic E-state index is 12.9. The van der Waals surface area contributed by atoms with Gasteiger partial charge in [-0.15, -0.1) is 0 Å². The molecule has 9 heteroatoms. The molecular weight excluding hydrogens is 840 g/mol. The molecule has 0 bridgehead atoms. The molecule has 0 saturated heterocycles. The molecule has 0 fully saturated rings. The Bertz CT molecular complexity index is 1080. The van der Waals surface area contributed by atoms with Gasteiger partial charge in [-0.3, -0.25) is 13.8 Å². The zero-order chi connectivity index (χ0) is 48.5. The molecule has 0 aromatic rings. The van der Waals surface area contributed by atoms with E-state index in [9.17, 15) is 19.4 Å². The Morgan fingerprint density at radius 3 is 1.18 bits per heavy atom. The van der Waals surface area contributed by atoms with E-state index in [4.69, 9.17) is 9.05 Å². The maximum Gasteiger partial charge on any atom is 0.472 e. The summed E-state index contributed by atoms with van der Waals surface area (Å²) in [5.41, 5.74) is 0. The van der Waals surface area contributed by atoms with Gasteiger partial charge in [0.1, 0.15) is 13.2 Å². The molecule has 1 amide bonds. The number of amides is 1. The lowest BCUT2D eigenvalue weighted by molar-refractivity contribution is -0.870. The minimum atomic E-state index is -4.32. The lowest BCUT2D eigenvalue weighted by Crippen LogP contribution is -2.46. The van der Waals surface area contributed by atoms with Crippen molar-refractivity contribution in [1.29, 1.82) is 0 Å². The van der Waals surface area contributed by atoms with Crippen molar-refractivity contribution in [2.75, 3.05) is 40.9 Å². The number of quaternary nitrogens is 1. The van der Waals surface area contributed by atoms with Crippen molar-refractivity contribution < 1.29 is 32.9 Å². The summed E-state index contributed by atoms with van der Waals surface area (Å²) in [6.45, 7) is 4.90. The second kappa shape index (κ2) is 49.2. The van der Waals surface area contributed by atoms with Crippen LogP contribution in [0.4, 0.5) is 0 Å². The first kappa shape index (κ1) is 65.2. The molecule has 0 aromatic carbocycles. The number of allylic oxidation sites excluding steroid dienone is 2. The third kappa shape index (κ3) is 51.1. The highest BCUT2D eigenvalue weighted by molar-refractivity contribution is 7.47. The van der Waals surface area contributed by atoms with E-state index >= 15 is 0 Å². The number of rotatable bonds is 54. The second-order valence-corrected chi connectivity index (χ2v) is 22.8. The van der Waals surface area contributed by atoms with Gasteiger partial charge in [0.05, 0.1) is 39.9 Å². The van der Waals surface area contributed by atoms with Crippen LogP contribution < -0.4 is 5.32 Å². The van der Waals surface area contributed by atoms with Crippen molar-refractivity contribution in [3.05, 3.63) is 12.2 Å². The molecule has 66 heavy (non-hydrogen) atoms. The van der Waals surface area contributed by atoms with Crippen LogP contribution >= 0.6 is 7.82 Å². The van der Waals surface area contributed by atoms with Gasteiger partial charge in [-0.2, -0.15) is 0 Å². The van der Waals surface area contributed by atoms with Crippen LogP contribution in [0.15, 0.2) is 12.2 Å². The summed E-state index contributed by atoms with van der Waals surface area (Å²) in [6.07, 6.45) is 60.0. The number of unbranched alkanes of at least 4 members (excludes halogenated alkanes) is 39. The quantitative estimate of drug-likeness (QED) is 0.0243. The van der Waals surface area contributed by atoms with Crippen molar-refractivity contribution in [3.63, 3.8) is 0 Å². The van der Waals surface area contributed by atoms with Crippen molar-refractivity contribution >= 4 is 13.7 Å². The molecule has 0 aliphatic rings. The predicted molar refractivity (Wildman–Crippen MR) is 286 cm³/mol. The Morgan fingerprint density at radius 2 is 0.818 bits per heavy atom. The van der Waals surface area contributed by atoms with Gasteiger partial charge in [-0.1, -0.05) is 264 Å². The highest BCUT2D eigenvalue weighted by Gasteiger charge is 2.28. The van der Waals surface area contributed by atoms with E-state index in [1.807, 2.05) is 21.1 Å². The van der Waals surface area contributed by atoms with Gasteiger partial charge in [-0.25, -0.2) is 4.57 Å². The Kier molecular flexibility index (Phi) is 48.7. The van der Waals surface area contributed by atoms with Gasteiger partial charge in [0.2, 0.25) is 5.91 Å². The Labute approximate surface area is 412 Å². The molecule has 3 atom stereocenters. The Hall–Kier alpha value is -0.760. The number of phosphoric ester groups is 1. The van der Waals surface area contributed by atoms with E-state index in [0.717, 1.165) is 51.4 Å². The van der Waals surface area contributed by atoms with Crippen molar-refractivity contribution in [2.45, 2.75) is 309 Å². The van der Waals surface area contributed by atoms with Gasteiger partial charge in [0.15, 0.2) is 0 Å². The molecule has 0 rings (SSSR count). The first-order valence-corrected chi connectivity index (χ1v) is 30.5. The molecule has 0 aliphatic carbocycles. The summed E-state index contributed by atoms with van der Waals surface area (Å²) >= 11 is 0. The normalized spacial score (nSPS) is 14.0. The van der Waals surface area contributed by atoms with Crippen LogP contribution in [0.25, 0.3) is 0 Å². The van der Waals surface area contributed by atoms with E-state index in [2.05, 4.69) is 31.3 Å². The zero-order valence-corrected chi connectivity index (χ0v) is 45.9. The number of aliphatic hydroxyl groups is 1. The molecule has 0 aromatic heterocycles. The number of nitrogens with zero attached hydrogens (tertiary/aromatic N) is 1. The number of phosphoric acid groups is 1. The monoisotopic (exact) mass is 956 g/mol. The summed E-state index contributed by atoms with van der Waals surface area (Å²) in [5, 5.41) is 14.0. The van der Waals surface area contributed by atoms with Crippen LogP contribution in [0.2, 0.25) is 0 Å². The number of nitrogens with one attached hydrogen (secondary N) is 1. The summed E-state index contributed by atoms with van der Waals surface area (Å²) in [5.74, 6) is -0.150. The first-order chi connectivity index (χ1) is 32.0. The topological polar surface area (TPSA) is 105 Å². The van der Waals surface area contributed by atoms with E-state index in [1.165, 1.54) is 218 Å². The van der Waals surface area contributed by atoms with Gasteiger partial charge in [-0.05, 0) is 38.5 Å². The van der Waals surface area contributed by atoms with E-state index < -0.39 is 20.0 Å². The van der Waals surface area contributed by atoms with E-state index in [-0.39, 0.29) is 19.1 Å². The minimum absolute atomic E-state index is 0.0753. The fourth-order valence-corrected chi connectivity index (χ4v) is 9.66. The number of hydrogen-bond acceptors (Lipinski definition) is 5. The third-order valence-corrected chi connectivity index (χ3v) is 14.5. The van der Waals surface area contributed by atoms with Gasteiger partial charge in [0, 0.05) is 6.42 Å². The average molecular weight is 957 g/mol. The fraction of sp³-hybridized carbons (Fsp3) is 0.947. The van der Waals surface area contributed by atoms with E-state index in [0.29, 0.717) is 23.9 Å². The van der Waals surface area contributed by atoms with Crippen molar-refractivity contribution in [2.24, 2.45) is 0 Å². The first-order valence-electron chi connectivity index (χ1n) is 29.1. The molecule has 0 saturated carbocycles. The summed E-state index contributed by atoms with van der Waals surface area (Å²) in [7, 11) is 1.62. The summed E-state index contributed by atoms with van der Waals surface area (Å²) in [4.78, 5) is 23.2. The SMILES string of the molecule is CCCCCC/C=C\CCCCCCCC(=O)NC(COP(=O)(O)OCC[N+](C)(C)C)C(O)CCCCCCCCCCCCCCCCCCCCCCCCCCCCCCCCC. The second-order valence-electron chi connectivity index (χ2n) is 21.4. The van der Waals surface area contributed by atoms with Crippen LogP contribution in [0.5, 0.6) is 0 Å². The van der Waals surface area contributed by atoms with Crippen LogP contribution in [0.1, 0.15) is 296 Å². The average Bonchev–Trinajstić information content (AvgIpc) is 3.28. The predicted octanol–water partition coefficient (Wildman–Crippen LogP) is 17.4. The molecule has 8 nitrogen and oxygen atoms in total. The standard InChI is InChI=1S/C57H115N2O6P/c1-6-8-10-12-14-16-18-20-21-22-23-24-25-26-27-28-29-30-31-32-33-34-35-36-37-39-40-42-44-46-48-50-56(60)55(54-65-66(62,63)64-53-52-59(3,4)5)58-57(61)51-49-47-45-43-41-38-19-17-15-13-11-9-7-2/h17,19,55-56,60H,6-16,18,20-54H2,1-5H3,(H-,58,61,62,63)/p+1/b19-17-. The number of aliphatic hydroxyl groups excluding tert-OH is 1. The number of carbonyl (C=O) groups is 1.